The van der Waals surface area contributed by atoms with Gasteiger partial charge in [-0.05, 0) is 30.7 Å². The van der Waals surface area contributed by atoms with E-state index in [1.54, 1.807) is 19.2 Å². The van der Waals surface area contributed by atoms with E-state index in [0.29, 0.717) is 28.9 Å². The second kappa shape index (κ2) is 9.13. The van der Waals surface area contributed by atoms with Gasteiger partial charge in [-0.15, -0.1) is 5.92 Å². The summed E-state index contributed by atoms with van der Waals surface area (Å²) in [6.45, 7) is 5.89. The van der Waals surface area contributed by atoms with Crippen molar-refractivity contribution in [2.45, 2.75) is 19.9 Å². The van der Waals surface area contributed by atoms with Gasteiger partial charge in [-0.1, -0.05) is 18.1 Å². The van der Waals surface area contributed by atoms with Crippen molar-refractivity contribution in [3.63, 3.8) is 0 Å². The van der Waals surface area contributed by atoms with Crippen molar-refractivity contribution in [3.8, 4) is 40.3 Å². The Balaban J connectivity index is 1.67. The molecule has 0 aliphatic carbocycles. The maximum Gasteiger partial charge on any atom is 0.330 e. The zero-order valence-electron chi connectivity index (χ0n) is 17.4. The van der Waals surface area contributed by atoms with Crippen LogP contribution < -0.4 is 5.69 Å². The summed E-state index contributed by atoms with van der Waals surface area (Å²) in [4.78, 5) is 17.6. The number of ether oxygens (including phenoxy) is 1. The summed E-state index contributed by atoms with van der Waals surface area (Å²) in [5.41, 5.74) is 3.08. The molecule has 3 aromatic rings. The van der Waals surface area contributed by atoms with E-state index in [0.717, 1.165) is 38.4 Å². The number of nitrogens with zero attached hydrogens (tertiary/aromatic N) is 2. The molecule has 31 heavy (non-hydrogen) atoms. The summed E-state index contributed by atoms with van der Waals surface area (Å²) in [7, 11) is 0. The Kier molecular flexibility index (Phi) is 6.12. The van der Waals surface area contributed by atoms with Gasteiger partial charge in [0.25, 0.3) is 0 Å². The topological polar surface area (TPSA) is 90.7 Å². The van der Waals surface area contributed by atoms with Gasteiger partial charge in [0.1, 0.15) is 11.5 Å². The molecule has 1 saturated heterocycles. The number of H-pyrrole nitrogens is 1. The van der Waals surface area contributed by atoms with Gasteiger partial charge < -0.3 is 19.9 Å². The minimum absolute atomic E-state index is 0.0269. The van der Waals surface area contributed by atoms with E-state index in [1.807, 2.05) is 24.3 Å². The molecule has 160 valence electrons. The number of morpholine rings is 1. The maximum absolute atomic E-state index is 12.6. The number of nitrogens with one attached hydrogen (secondary N) is 1. The van der Waals surface area contributed by atoms with Gasteiger partial charge >= 0.3 is 5.69 Å². The first-order valence-corrected chi connectivity index (χ1v) is 10.2. The minimum Gasteiger partial charge on any atom is -0.507 e. The van der Waals surface area contributed by atoms with Crippen LogP contribution in [0.25, 0.3) is 16.9 Å². The lowest BCUT2D eigenvalue weighted by atomic mass is 10.0. The average Bonchev–Trinajstić information content (AvgIpc) is 3.15. The van der Waals surface area contributed by atoms with E-state index < -0.39 is 0 Å². The van der Waals surface area contributed by atoms with Crippen molar-refractivity contribution in [1.82, 2.24) is 14.5 Å². The van der Waals surface area contributed by atoms with Crippen LogP contribution in [0.2, 0.25) is 0 Å². The Morgan fingerprint density at radius 2 is 1.84 bits per heavy atom. The fraction of sp³-hybridized carbons (Fsp3) is 0.292. The standard InChI is InChI=1S/C24H25N3O4/c1-2-3-4-18-13-20(23(29)14-22(18)28)21-15-25-24(30)27(21)19-7-5-17(6-8-19)16-26-9-11-31-12-10-26/h5-8,13-15,28-29H,4,9-12,16H2,1H3,(H,25,30). The largest absolute Gasteiger partial charge is 0.507 e. The van der Waals surface area contributed by atoms with Gasteiger partial charge in [-0.3, -0.25) is 9.47 Å². The number of hydrogen-bond acceptors (Lipinski definition) is 5. The Morgan fingerprint density at radius 1 is 1.10 bits per heavy atom. The van der Waals surface area contributed by atoms with Crippen LogP contribution in [-0.4, -0.2) is 51.0 Å². The Labute approximate surface area is 180 Å². The van der Waals surface area contributed by atoms with Gasteiger partial charge in [-0.25, -0.2) is 4.79 Å². The highest BCUT2D eigenvalue weighted by atomic mass is 16.5. The molecule has 3 N–H and O–H groups in total. The molecular formula is C24H25N3O4. The molecule has 4 rings (SSSR count). The van der Waals surface area contributed by atoms with Crippen molar-refractivity contribution >= 4 is 0 Å². The molecule has 7 heteroatoms. The van der Waals surface area contributed by atoms with Gasteiger partial charge in [0, 0.05) is 49.4 Å². The second-order valence-corrected chi connectivity index (χ2v) is 7.47. The molecule has 7 nitrogen and oxygen atoms in total. The first-order chi connectivity index (χ1) is 15.1. The first-order valence-electron chi connectivity index (χ1n) is 10.2. The first kappa shape index (κ1) is 20.8. The van der Waals surface area contributed by atoms with Crippen LogP contribution in [0, 0.1) is 11.8 Å². The highest BCUT2D eigenvalue weighted by Crippen LogP contribution is 2.35. The van der Waals surface area contributed by atoms with Crippen LogP contribution in [0.4, 0.5) is 0 Å². The van der Waals surface area contributed by atoms with E-state index in [1.165, 1.54) is 10.6 Å². The molecule has 0 amide bonds. The van der Waals surface area contributed by atoms with Crippen LogP contribution in [0.3, 0.4) is 0 Å². The summed E-state index contributed by atoms with van der Waals surface area (Å²) >= 11 is 0. The fourth-order valence-corrected chi connectivity index (χ4v) is 3.74. The lowest BCUT2D eigenvalue weighted by molar-refractivity contribution is 0.0342. The van der Waals surface area contributed by atoms with Crippen LogP contribution in [0.5, 0.6) is 11.5 Å². The Hall–Kier alpha value is -3.47. The van der Waals surface area contributed by atoms with E-state index >= 15 is 0 Å². The summed E-state index contributed by atoms with van der Waals surface area (Å²) in [5.74, 6) is 5.58. The smallest absolute Gasteiger partial charge is 0.330 e. The summed E-state index contributed by atoms with van der Waals surface area (Å²) < 4.78 is 6.91. The van der Waals surface area contributed by atoms with Crippen molar-refractivity contribution in [3.05, 3.63) is 64.2 Å². The van der Waals surface area contributed by atoms with Crippen molar-refractivity contribution in [1.29, 1.82) is 0 Å². The van der Waals surface area contributed by atoms with E-state index in [-0.39, 0.29) is 17.2 Å². The summed E-state index contributed by atoms with van der Waals surface area (Å²) in [6, 6.07) is 10.8. The minimum atomic E-state index is -0.307. The normalized spacial score (nSPS) is 14.2. The number of hydrogen-bond donors (Lipinski definition) is 3. The molecule has 0 unspecified atom stereocenters. The number of benzene rings is 2. The predicted molar refractivity (Wildman–Crippen MR) is 118 cm³/mol. The molecule has 0 spiro atoms. The van der Waals surface area contributed by atoms with Crippen LogP contribution >= 0.6 is 0 Å². The van der Waals surface area contributed by atoms with Crippen molar-refractivity contribution < 1.29 is 14.9 Å². The van der Waals surface area contributed by atoms with Crippen LogP contribution in [-0.2, 0) is 17.7 Å². The van der Waals surface area contributed by atoms with Gasteiger partial charge in [0.05, 0.1) is 24.6 Å². The zero-order valence-corrected chi connectivity index (χ0v) is 17.4. The predicted octanol–water partition coefficient (Wildman–Crippen LogP) is 2.64. The van der Waals surface area contributed by atoms with E-state index in [9.17, 15) is 15.0 Å². The number of aromatic hydroxyl groups is 2. The van der Waals surface area contributed by atoms with E-state index in [4.69, 9.17) is 4.74 Å². The third kappa shape index (κ3) is 4.50. The third-order valence-corrected chi connectivity index (χ3v) is 5.41. The van der Waals surface area contributed by atoms with Crippen LogP contribution in [0.1, 0.15) is 18.1 Å². The lowest BCUT2D eigenvalue weighted by Crippen LogP contribution is -2.35. The molecular weight excluding hydrogens is 394 g/mol. The van der Waals surface area contributed by atoms with Crippen molar-refractivity contribution in [2.75, 3.05) is 26.3 Å². The fourth-order valence-electron chi connectivity index (χ4n) is 3.74. The van der Waals surface area contributed by atoms with Crippen molar-refractivity contribution in [2.24, 2.45) is 0 Å². The molecule has 1 aliphatic heterocycles. The second-order valence-electron chi connectivity index (χ2n) is 7.47. The van der Waals surface area contributed by atoms with Gasteiger partial charge in [0.2, 0.25) is 0 Å². The molecule has 1 aromatic heterocycles. The van der Waals surface area contributed by atoms with Gasteiger partial charge in [0.15, 0.2) is 0 Å². The number of aromatic nitrogens is 2. The number of imidazole rings is 1. The number of aromatic amines is 1. The molecule has 0 atom stereocenters. The molecule has 2 heterocycles. The SMILES string of the molecule is CC#CCc1cc(-c2c[nH]c(=O)n2-c2ccc(CN3CCOCC3)cc2)c(O)cc1O. The molecule has 1 fully saturated rings. The Bertz CT molecular complexity index is 1180. The quantitative estimate of drug-likeness (QED) is 0.553. The third-order valence-electron chi connectivity index (χ3n) is 5.41. The molecule has 1 aliphatic rings. The summed E-state index contributed by atoms with van der Waals surface area (Å²) in [6.07, 6.45) is 1.91. The van der Waals surface area contributed by atoms with Crippen LogP contribution in [0.15, 0.2) is 47.4 Å². The monoisotopic (exact) mass is 419 g/mol. The molecule has 0 radical (unpaired) electrons. The number of rotatable bonds is 5. The number of phenolic OH excluding ortho intramolecular Hbond substituents is 2. The highest BCUT2D eigenvalue weighted by Gasteiger charge is 2.17. The van der Waals surface area contributed by atoms with E-state index in [2.05, 4.69) is 21.7 Å². The molecule has 0 bridgehead atoms. The maximum atomic E-state index is 12.6. The molecule has 0 saturated carbocycles. The highest BCUT2D eigenvalue weighted by molar-refractivity contribution is 5.71. The average molecular weight is 419 g/mol. The van der Waals surface area contributed by atoms with Gasteiger partial charge in [-0.2, -0.15) is 0 Å². The summed E-state index contributed by atoms with van der Waals surface area (Å²) in [5, 5.41) is 20.6. The zero-order chi connectivity index (χ0) is 21.8. The number of phenols is 2. The molecule has 2 aromatic carbocycles. The lowest BCUT2D eigenvalue weighted by Gasteiger charge is -2.26. The Morgan fingerprint density at radius 3 is 2.55 bits per heavy atom.